The third-order valence-corrected chi connectivity index (χ3v) is 4.75. The first-order valence-electron chi connectivity index (χ1n) is 7.97. The first-order chi connectivity index (χ1) is 10.7. The van der Waals surface area contributed by atoms with Gasteiger partial charge in [0.2, 0.25) is 0 Å². The zero-order valence-electron chi connectivity index (χ0n) is 13.6. The molecule has 1 saturated heterocycles. The van der Waals surface area contributed by atoms with Gasteiger partial charge in [0.25, 0.3) is 0 Å². The van der Waals surface area contributed by atoms with Crippen LogP contribution in [0.5, 0.6) is 0 Å². The van der Waals surface area contributed by atoms with Crippen LogP contribution in [-0.2, 0) is 11.3 Å². The molecule has 124 valence electrons. The molecule has 0 amide bonds. The summed E-state index contributed by atoms with van der Waals surface area (Å²) in [5.74, 6) is 1.13. The lowest BCUT2D eigenvalue weighted by Crippen LogP contribution is -2.41. The van der Waals surface area contributed by atoms with Crippen LogP contribution in [0.2, 0.25) is 0 Å². The predicted octanol–water partition coefficient (Wildman–Crippen LogP) is 1.90. The quantitative estimate of drug-likeness (QED) is 0.594. The fourth-order valence-electron chi connectivity index (χ4n) is 2.88. The van der Waals surface area contributed by atoms with Gasteiger partial charge in [0.15, 0.2) is 5.96 Å². The number of thiophene rings is 1. The topological polar surface area (TPSA) is 62.9 Å². The van der Waals surface area contributed by atoms with Crippen LogP contribution in [0.3, 0.4) is 0 Å². The minimum absolute atomic E-state index is 0.190. The summed E-state index contributed by atoms with van der Waals surface area (Å²) in [5, 5.41) is 5.31. The van der Waals surface area contributed by atoms with Crippen molar-refractivity contribution in [1.82, 2.24) is 10.2 Å². The maximum Gasteiger partial charge on any atom is 0.188 e. The second-order valence-corrected chi connectivity index (χ2v) is 7.08. The van der Waals surface area contributed by atoms with Crippen molar-refractivity contribution >= 4 is 17.3 Å². The average molecular weight is 324 g/mol. The summed E-state index contributed by atoms with van der Waals surface area (Å²) >= 11 is 1.84. The Morgan fingerprint density at radius 2 is 2.50 bits per heavy atom. The van der Waals surface area contributed by atoms with E-state index in [0.29, 0.717) is 18.5 Å². The lowest BCUT2D eigenvalue weighted by Gasteiger charge is -2.31. The summed E-state index contributed by atoms with van der Waals surface area (Å²) in [7, 11) is 1.69. The van der Waals surface area contributed by atoms with E-state index < -0.39 is 0 Å². The molecule has 1 aliphatic heterocycles. The fraction of sp³-hybridized carbons (Fsp3) is 0.688. The van der Waals surface area contributed by atoms with Crippen molar-refractivity contribution in [1.29, 1.82) is 0 Å². The van der Waals surface area contributed by atoms with Crippen LogP contribution in [-0.4, -0.2) is 50.3 Å². The van der Waals surface area contributed by atoms with Gasteiger partial charge >= 0.3 is 0 Å². The van der Waals surface area contributed by atoms with Gasteiger partial charge in [-0.3, -0.25) is 9.89 Å². The SMILES string of the molecule is COCC(C)NC(N)=NCC1CCCN(Cc2cccs2)C1. The number of piperidine rings is 1. The van der Waals surface area contributed by atoms with E-state index in [1.54, 1.807) is 7.11 Å². The van der Waals surface area contributed by atoms with Crippen LogP contribution in [0.15, 0.2) is 22.5 Å². The molecule has 22 heavy (non-hydrogen) atoms. The molecular formula is C16H28N4OS. The average Bonchev–Trinajstić information content (AvgIpc) is 2.99. The Bertz CT molecular complexity index is 449. The molecule has 1 aromatic rings. The van der Waals surface area contributed by atoms with Crippen molar-refractivity contribution in [2.75, 3.05) is 33.4 Å². The molecule has 0 aromatic carbocycles. The zero-order chi connectivity index (χ0) is 15.8. The van der Waals surface area contributed by atoms with Crippen molar-refractivity contribution in [3.05, 3.63) is 22.4 Å². The van der Waals surface area contributed by atoms with E-state index >= 15 is 0 Å². The monoisotopic (exact) mass is 324 g/mol. The van der Waals surface area contributed by atoms with Crippen LogP contribution in [0.1, 0.15) is 24.6 Å². The van der Waals surface area contributed by atoms with E-state index in [9.17, 15) is 0 Å². The number of guanidine groups is 1. The minimum atomic E-state index is 0.190. The molecule has 3 N–H and O–H groups in total. The summed E-state index contributed by atoms with van der Waals surface area (Å²) < 4.78 is 5.08. The lowest BCUT2D eigenvalue weighted by atomic mass is 9.98. The summed E-state index contributed by atoms with van der Waals surface area (Å²) in [4.78, 5) is 8.48. The highest BCUT2D eigenvalue weighted by atomic mass is 32.1. The largest absolute Gasteiger partial charge is 0.383 e. The first kappa shape index (κ1) is 17.2. The van der Waals surface area contributed by atoms with Crippen molar-refractivity contribution in [2.45, 2.75) is 32.4 Å². The Hall–Kier alpha value is -1.11. The van der Waals surface area contributed by atoms with Crippen LogP contribution in [0.4, 0.5) is 0 Å². The van der Waals surface area contributed by atoms with Gasteiger partial charge in [0, 0.05) is 37.7 Å². The molecule has 6 heteroatoms. The molecule has 1 aromatic heterocycles. The second-order valence-electron chi connectivity index (χ2n) is 6.05. The number of hydrogen-bond donors (Lipinski definition) is 2. The van der Waals surface area contributed by atoms with Gasteiger partial charge in [-0.05, 0) is 43.7 Å². The van der Waals surface area contributed by atoms with Gasteiger partial charge < -0.3 is 15.8 Å². The van der Waals surface area contributed by atoms with Crippen LogP contribution < -0.4 is 11.1 Å². The molecular weight excluding hydrogens is 296 g/mol. The molecule has 2 atom stereocenters. The molecule has 0 saturated carbocycles. The van der Waals surface area contributed by atoms with E-state index in [2.05, 4.69) is 32.7 Å². The normalized spacial score (nSPS) is 21.7. The van der Waals surface area contributed by atoms with Gasteiger partial charge in [-0.1, -0.05) is 6.07 Å². The summed E-state index contributed by atoms with van der Waals surface area (Å²) in [6, 6.07) is 4.53. The van der Waals surface area contributed by atoms with Gasteiger partial charge in [-0.25, -0.2) is 0 Å². The minimum Gasteiger partial charge on any atom is -0.383 e. The molecule has 1 aliphatic rings. The number of nitrogens with zero attached hydrogens (tertiary/aromatic N) is 2. The Labute approximate surface area is 137 Å². The molecule has 0 bridgehead atoms. The highest BCUT2D eigenvalue weighted by Gasteiger charge is 2.20. The van der Waals surface area contributed by atoms with Gasteiger partial charge in [0.1, 0.15) is 0 Å². The third-order valence-electron chi connectivity index (χ3n) is 3.89. The molecule has 0 radical (unpaired) electrons. The summed E-state index contributed by atoms with van der Waals surface area (Å²) in [6.07, 6.45) is 2.49. The highest BCUT2D eigenvalue weighted by molar-refractivity contribution is 7.09. The number of nitrogens with two attached hydrogens (primary N) is 1. The van der Waals surface area contributed by atoms with E-state index in [1.807, 2.05) is 18.3 Å². The van der Waals surface area contributed by atoms with Gasteiger partial charge in [0.05, 0.1) is 6.61 Å². The number of hydrogen-bond acceptors (Lipinski definition) is 4. The number of methoxy groups -OCH3 is 1. The van der Waals surface area contributed by atoms with Crippen molar-refractivity contribution in [2.24, 2.45) is 16.6 Å². The highest BCUT2D eigenvalue weighted by Crippen LogP contribution is 2.20. The van der Waals surface area contributed by atoms with Crippen molar-refractivity contribution < 1.29 is 4.74 Å². The second kappa shape index (κ2) is 9.12. The van der Waals surface area contributed by atoms with E-state index in [-0.39, 0.29) is 6.04 Å². The van der Waals surface area contributed by atoms with Crippen LogP contribution in [0, 0.1) is 5.92 Å². The van der Waals surface area contributed by atoms with E-state index in [1.165, 1.54) is 24.3 Å². The Kier molecular flexibility index (Phi) is 7.15. The van der Waals surface area contributed by atoms with Crippen molar-refractivity contribution in [3.63, 3.8) is 0 Å². The van der Waals surface area contributed by atoms with E-state index in [0.717, 1.165) is 19.6 Å². The smallest absolute Gasteiger partial charge is 0.188 e. The maximum atomic E-state index is 5.94. The Morgan fingerprint density at radius 3 is 3.23 bits per heavy atom. The summed E-state index contributed by atoms with van der Waals surface area (Å²) in [6.45, 7) is 6.85. The Balaban J connectivity index is 1.75. The zero-order valence-corrected chi connectivity index (χ0v) is 14.4. The maximum absolute atomic E-state index is 5.94. The molecule has 2 rings (SSSR count). The van der Waals surface area contributed by atoms with Gasteiger partial charge in [-0.2, -0.15) is 0 Å². The number of nitrogens with one attached hydrogen (secondary N) is 1. The molecule has 2 heterocycles. The standard InChI is InChI=1S/C16H28N4OS/c1-13(12-21-2)19-16(17)18-9-14-5-3-7-20(10-14)11-15-6-4-8-22-15/h4,6,8,13-14H,3,5,7,9-12H2,1-2H3,(H3,17,18,19). The number of aliphatic imine (C=N–C) groups is 1. The molecule has 2 unspecified atom stereocenters. The summed E-state index contributed by atoms with van der Waals surface area (Å²) in [5.41, 5.74) is 5.94. The fourth-order valence-corrected chi connectivity index (χ4v) is 3.63. The number of ether oxygens (including phenoxy) is 1. The van der Waals surface area contributed by atoms with Crippen molar-refractivity contribution in [3.8, 4) is 0 Å². The number of rotatable bonds is 7. The molecule has 5 nitrogen and oxygen atoms in total. The van der Waals surface area contributed by atoms with Gasteiger partial charge in [-0.15, -0.1) is 11.3 Å². The molecule has 0 aliphatic carbocycles. The lowest BCUT2D eigenvalue weighted by molar-refractivity contribution is 0.172. The van der Waals surface area contributed by atoms with Crippen LogP contribution in [0.25, 0.3) is 0 Å². The number of likely N-dealkylation sites (tertiary alicyclic amines) is 1. The first-order valence-corrected chi connectivity index (χ1v) is 8.85. The third kappa shape index (κ3) is 5.94. The molecule has 1 fully saturated rings. The van der Waals surface area contributed by atoms with Crippen LogP contribution >= 0.6 is 11.3 Å². The predicted molar refractivity (Wildman–Crippen MR) is 93.3 cm³/mol. The molecule has 0 spiro atoms. The van der Waals surface area contributed by atoms with E-state index in [4.69, 9.17) is 10.5 Å². The Morgan fingerprint density at radius 1 is 1.64 bits per heavy atom.